The van der Waals surface area contributed by atoms with Gasteiger partial charge in [-0.25, -0.2) is 0 Å². The van der Waals surface area contributed by atoms with Gasteiger partial charge >= 0.3 is 0 Å². The van der Waals surface area contributed by atoms with E-state index in [1.165, 1.54) is 114 Å². The fraction of sp³-hybridized carbons (Fsp3) is 0.453. The standard InChI is InChI=1S/C53H68NO/c1-9-15-17-21-39(11-3)41-24-28-43(29-25-41)45-35-46(44-30-26-42(27-31-44)40(12-4)22-18-16-10-2)37-48(36-45)55-47-32-33-50-49(38-47)51-23-19-20-34-54(51)53(8,14-6)52(50,7)13-5/h19-20,23-40H,9-18,21-22H2,1-8H3/q+1/t39?,40?,52?,53-/m1/s1. The van der Waals surface area contributed by atoms with Crippen LogP contribution >= 0.6 is 0 Å². The molecule has 2 nitrogen and oxygen atoms in total. The zero-order valence-electron chi connectivity index (χ0n) is 35.4. The second kappa shape index (κ2) is 18.2. The molecule has 0 N–H and O–H groups in total. The van der Waals surface area contributed by atoms with Gasteiger partial charge in [-0.3, -0.25) is 0 Å². The van der Waals surface area contributed by atoms with Crippen molar-refractivity contribution in [3.05, 3.63) is 126 Å². The van der Waals surface area contributed by atoms with E-state index in [1.807, 2.05) is 0 Å². The molecule has 2 heterocycles. The first-order valence-corrected chi connectivity index (χ1v) is 21.9. The van der Waals surface area contributed by atoms with Crippen LogP contribution in [0.15, 0.2) is 109 Å². The molecule has 55 heavy (non-hydrogen) atoms. The third-order valence-corrected chi connectivity index (χ3v) is 13.7. The van der Waals surface area contributed by atoms with Gasteiger partial charge in [0.05, 0.1) is 11.0 Å². The summed E-state index contributed by atoms with van der Waals surface area (Å²) in [6, 6.07) is 39.1. The lowest BCUT2D eigenvalue weighted by atomic mass is 9.61. The lowest BCUT2D eigenvalue weighted by Crippen LogP contribution is -2.67. The minimum atomic E-state index is -0.0264. The van der Waals surface area contributed by atoms with Crippen LogP contribution in [0.1, 0.15) is 161 Å². The summed E-state index contributed by atoms with van der Waals surface area (Å²) in [6.45, 7) is 18.8. The Balaban J connectivity index is 1.38. The summed E-state index contributed by atoms with van der Waals surface area (Å²) < 4.78 is 9.45. The Morgan fingerprint density at radius 1 is 0.545 bits per heavy atom. The maximum absolute atomic E-state index is 6.92. The molecule has 4 atom stereocenters. The van der Waals surface area contributed by atoms with E-state index >= 15 is 0 Å². The number of hydrogen-bond donors (Lipinski definition) is 0. The van der Waals surface area contributed by atoms with Crippen molar-refractivity contribution in [1.82, 2.24) is 0 Å². The quantitative estimate of drug-likeness (QED) is 0.0645. The van der Waals surface area contributed by atoms with Crippen molar-refractivity contribution in [2.24, 2.45) is 0 Å². The summed E-state index contributed by atoms with van der Waals surface area (Å²) in [7, 11) is 0. The highest BCUT2D eigenvalue weighted by Gasteiger charge is 2.56. The van der Waals surface area contributed by atoms with E-state index in [0.29, 0.717) is 11.8 Å². The Morgan fingerprint density at radius 3 is 1.60 bits per heavy atom. The van der Waals surface area contributed by atoms with Gasteiger partial charge in [-0.1, -0.05) is 135 Å². The molecule has 1 aliphatic heterocycles. The lowest BCUT2D eigenvalue weighted by Gasteiger charge is -2.46. The first kappa shape index (κ1) is 40.5. The van der Waals surface area contributed by atoms with Gasteiger partial charge in [-0.05, 0) is 126 Å². The Kier molecular flexibility index (Phi) is 13.4. The van der Waals surface area contributed by atoms with Crippen LogP contribution in [-0.2, 0) is 11.0 Å². The SMILES string of the molecule is CCCCCC(CC)c1ccc(-c2cc(Oc3ccc4c(c3)-c3cccc[n+]3[C@](C)(CC)C4(C)CC)cc(-c3ccc(C(CC)CCCCC)cc3)c2)cc1. The minimum absolute atomic E-state index is 0.0143. The van der Waals surface area contributed by atoms with Crippen molar-refractivity contribution >= 4 is 0 Å². The van der Waals surface area contributed by atoms with E-state index in [4.69, 9.17) is 4.74 Å². The number of pyridine rings is 1. The van der Waals surface area contributed by atoms with Gasteiger partial charge in [0.25, 0.3) is 0 Å². The maximum atomic E-state index is 6.92. The molecule has 0 radical (unpaired) electrons. The minimum Gasteiger partial charge on any atom is -0.457 e. The molecule has 2 heteroatoms. The van der Waals surface area contributed by atoms with Gasteiger partial charge in [0, 0.05) is 25.5 Å². The molecule has 290 valence electrons. The highest BCUT2D eigenvalue weighted by Crippen LogP contribution is 2.50. The summed E-state index contributed by atoms with van der Waals surface area (Å²) in [6.07, 6.45) is 17.1. The van der Waals surface area contributed by atoms with Crippen molar-refractivity contribution in [2.75, 3.05) is 0 Å². The zero-order valence-corrected chi connectivity index (χ0v) is 35.4. The molecule has 1 aliphatic rings. The lowest BCUT2D eigenvalue weighted by molar-refractivity contribution is -0.765. The Bertz CT molecular complexity index is 1910. The summed E-state index contributed by atoms with van der Waals surface area (Å²) in [4.78, 5) is 0. The van der Waals surface area contributed by atoms with Crippen molar-refractivity contribution in [2.45, 2.75) is 155 Å². The summed E-state index contributed by atoms with van der Waals surface area (Å²) >= 11 is 0. The molecule has 0 amide bonds. The second-order valence-electron chi connectivity index (χ2n) is 16.8. The van der Waals surface area contributed by atoms with E-state index < -0.39 is 0 Å². The fourth-order valence-corrected chi connectivity index (χ4v) is 9.58. The van der Waals surface area contributed by atoms with Crippen LogP contribution in [0.5, 0.6) is 11.5 Å². The van der Waals surface area contributed by atoms with Crippen LogP contribution in [0.4, 0.5) is 0 Å². The van der Waals surface area contributed by atoms with Crippen LogP contribution in [0, 0.1) is 0 Å². The normalized spacial score (nSPS) is 18.7. The average Bonchev–Trinajstić information content (AvgIpc) is 3.23. The number of unbranched alkanes of at least 4 members (excludes halogenated alkanes) is 4. The second-order valence-corrected chi connectivity index (χ2v) is 16.8. The molecular formula is C53H68NO+. The monoisotopic (exact) mass is 735 g/mol. The molecule has 0 bridgehead atoms. The fourth-order valence-electron chi connectivity index (χ4n) is 9.58. The molecule has 3 unspecified atom stereocenters. The number of benzene rings is 4. The van der Waals surface area contributed by atoms with Crippen molar-refractivity contribution in [3.8, 4) is 45.0 Å². The van der Waals surface area contributed by atoms with Crippen molar-refractivity contribution < 1.29 is 9.30 Å². The molecule has 0 fully saturated rings. The van der Waals surface area contributed by atoms with Crippen LogP contribution in [0.25, 0.3) is 33.5 Å². The van der Waals surface area contributed by atoms with Gasteiger partial charge < -0.3 is 4.74 Å². The van der Waals surface area contributed by atoms with Gasteiger partial charge in [-0.15, -0.1) is 0 Å². The van der Waals surface area contributed by atoms with Crippen LogP contribution < -0.4 is 9.30 Å². The molecule has 0 spiro atoms. The Labute approximate surface area is 334 Å². The first-order valence-electron chi connectivity index (χ1n) is 21.9. The van der Waals surface area contributed by atoms with E-state index in [2.05, 4.69) is 169 Å². The molecule has 1 aromatic heterocycles. The maximum Gasteiger partial charge on any atom is 0.213 e. The van der Waals surface area contributed by atoms with Gasteiger partial charge in [0.15, 0.2) is 11.7 Å². The van der Waals surface area contributed by atoms with Crippen LogP contribution in [-0.4, -0.2) is 0 Å². The van der Waals surface area contributed by atoms with Gasteiger partial charge in [0.2, 0.25) is 5.69 Å². The number of hydrogen-bond acceptors (Lipinski definition) is 1. The smallest absolute Gasteiger partial charge is 0.213 e. The van der Waals surface area contributed by atoms with E-state index in [1.54, 1.807) is 0 Å². The zero-order chi connectivity index (χ0) is 39.0. The third kappa shape index (κ3) is 8.35. The highest BCUT2D eigenvalue weighted by atomic mass is 16.5. The first-order chi connectivity index (χ1) is 26.7. The molecule has 6 rings (SSSR count). The van der Waals surface area contributed by atoms with Gasteiger partial charge in [0.1, 0.15) is 11.5 Å². The van der Waals surface area contributed by atoms with Gasteiger partial charge in [-0.2, -0.15) is 4.57 Å². The number of aromatic nitrogens is 1. The summed E-state index contributed by atoms with van der Waals surface area (Å²) in [5.74, 6) is 2.98. The molecule has 0 saturated heterocycles. The number of rotatable bonds is 18. The van der Waals surface area contributed by atoms with E-state index in [0.717, 1.165) is 24.3 Å². The predicted octanol–water partition coefficient (Wildman–Crippen LogP) is 15.7. The topological polar surface area (TPSA) is 13.1 Å². The predicted molar refractivity (Wildman–Crippen MR) is 235 cm³/mol. The van der Waals surface area contributed by atoms with E-state index in [-0.39, 0.29) is 11.0 Å². The third-order valence-electron chi connectivity index (χ3n) is 13.7. The number of nitrogens with zero attached hydrogens (tertiary/aromatic N) is 1. The van der Waals surface area contributed by atoms with Crippen molar-refractivity contribution in [1.29, 1.82) is 0 Å². The average molecular weight is 735 g/mol. The van der Waals surface area contributed by atoms with Crippen molar-refractivity contribution in [3.63, 3.8) is 0 Å². The Hall–Kier alpha value is -4.17. The highest BCUT2D eigenvalue weighted by molar-refractivity contribution is 5.76. The summed E-state index contributed by atoms with van der Waals surface area (Å²) in [5.41, 5.74) is 11.6. The molecule has 0 saturated carbocycles. The molecule has 4 aromatic carbocycles. The number of fused-ring (bicyclic) bond motifs is 3. The largest absolute Gasteiger partial charge is 0.457 e. The molecule has 0 aliphatic carbocycles. The molecular weight excluding hydrogens is 667 g/mol. The van der Waals surface area contributed by atoms with E-state index in [9.17, 15) is 0 Å². The Morgan fingerprint density at radius 2 is 1.11 bits per heavy atom. The summed E-state index contributed by atoms with van der Waals surface area (Å²) in [5, 5.41) is 0. The van der Waals surface area contributed by atoms with Crippen LogP contribution in [0.2, 0.25) is 0 Å². The molecule has 5 aromatic rings. The number of ether oxygens (including phenoxy) is 1. The van der Waals surface area contributed by atoms with Crippen LogP contribution in [0.3, 0.4) is 0 Å².